The quantitative estimate of drug-likeness (QED) is 0.918. The highest BCUT2D eigenvalue weighted by molar-refractivity contribution is 5.85. The van der Waals surface area contributed by atoms with Crippen molar-refractivity contribution < 1.29 is 0 Å². The highest BCUT2D eigenvalue weighted by Crippen LogP contribution is 2.34. The molecule has 1 aliphatic carbocycles. The summed E-state index contributed by atoms with van der Waals surface area (Å²) in [6.45, 7) is 4.62. The molecule has 2 aromatic carbocycles. The van der Waals surface area contributed by atoms with Crippen molar-refractivity contribution >= 4 is 10.8 Å². The molecule has 1 saturated carbocycles. The summed E-state index contributed by atoms with van der Waals surface area (Å²) in [5, 5.41) is 6.47. The molecule has 0 spiro atoms. The predicted molar refractivity (Wildman–Crippen MR) is 83.7 cm³/mol. The van der Waals surface area contributed by atoms with Gasteiger partial charge in [0.1, 0.15) is 0 Å². The molecular weight excluding hydrogens is 244 g/mol. The summed E-state index contributed by atoms with van der Waals surface area (Å²) in [5.74, 6) is 0.949. The van der Waals surface area contributed by atoms with Crippen LogP contribution in [0, 0.1) is 5.92 Å². The zero-order valence-electron chi connectivity index (χ0n) is 11.9. The monoisotopic (exact) mass is 266 g/mol. The van der Waals surface area contributed by atoms with Crippen LogP contribution in [-0.2, 0) is 6.54 Å². The van der Waals surface area contributed by atoms with Crippen LogP contribution in [0.4, 0.5) is 0 Å². The fourth-order valence-corrected chi connectivity index (χ4v) is 3.47. The molecule has 0 radical (unpaired) electrons. The molecule has 1 N–H and O–H groups in total. The number of fused-ring (bicyclic) bond motifs is 1. The highest BCUT2D eigenvalue weighted by Gasteiger charge is 2.33. The van der Waals surface area contributed by atoms with E-state index in [1.807, 2.05) is 0 Å². The fourth-order valence-electron chi connectivity index (χ4n) is 3.47. The van der Waals surface area contributed by atoms with E-state index in [0.29, 0.717) is 0 Å². The second kappa shape index (κ2) is 5.19. The maximum Gasteiger partial charge on any atom is 0.0241 e. The molecule has 2 nitrogen and oxygen atoms in total. The average Bonchev–Trinajstić information content (AvgIpc) is 3.33. The van der Waals surface area contributed by atoms with E-state index < -0.39 is 0 Å². The van der Waals surface area contributed by atoms with Crippen molar-refractivity contribution in [2.45, 2.75) is 25.4 Å². The lowest BCUT2D eigenvalue weighted by Gasteiger charge is -2.34. The Hall–Kier alpha value is -1.38. The minimum Gasteiger partial charge on any atom is -0.311 e. The Morgan fingerprint density at radius 1 is 1.05 bits per heavy atom. The summed E-state index contributed by atoms with van der Waals surface area (Å²) in [6, 6.07) is 16.2. The van der Waals surface area contributed by atoms with Gasteiger partial charge in [0.25, 0.3) is 0 Å². The van der Waals surface area contributed by atoms with E-state index in [1.54, 1.807) is 0 Å². The molecule has 1 atom stereocenters. The number of hydrogen-bond acceptors (Lipinski definition) is 2. The van der Waals surface area contributed by atoms with Crippen LogP contribution in [0.1, 0.15) is 18.4 Å². The molecule has 1 saturated heterocycles. The topological polar surface area (TPSA) is 15.3 Å². The molecule has 104 valence electrons. The number of benzene rings is 2. The first-order chi connectivity index (χ1) is 9.90. The largest absolute Gasteiger partial charge is 0.311 e. The molecule has 0 aromatic heterocycles. The average molecular weight is 266 g/mol. The standard InChI is InChI=1S/C18H22N2/c1-2-7-17-14(4-1)5-3-6-16(17)12-20-11-10-19-18(13-20)15-8-9-15/h1-7,15,18-19H,8-13H2. The van der Waals surface area contributed by atoms with E-state index >= 15 is 0 Å². The first-order valence-corrected chi connectivity index (χ1v) is 7.82. The molecule has 1 aliphatic heterocycles. The first-order valence-electron chi connectivity index (χ1n) is 7.82. The second-order valence-corrected chi connectivity index (χ2v) is 6.27. The van der Waals surface area contributed by atoms with Crippen molar-refractivity contribution in [2.75, 3.05) is 19.6 Å². The van der Waals surface area contributed by atoms with Gasteiger partial charge in [-0.3, -0.25) is 4.90 Å². The minimum atomic E-state index is 0.735. The SMILES string of the molecule is c1ccc2c(CN3CCNC(C4CC4)C3)cccc2c1. The summed E-state index contributed by atoms with van der Waals surface area (Å²) in [5.41, 5.74) is 1.47. The van der Waals surface area contributed by atoms with E-state index in [0.717, 1.165) is 25.0 Å². The molecule has 1 heterocycles. The Balaban J connectivity index is 1.54. The van der Waals surface area contributed by atoms with E-state index in [-0.39, 0.29) is 0 Å². The van der Waals surface area contributed by atoms with Crippen molar-refractivity contribution in [3.63, 3.8) is 0 Å². The van der Waals surface area contributed by atoms with Gasteiger partial charge < -0.3 is 5.32 Å². The third kappa shape index (κ3) is 2.46. The smallest absolute Gasteiger partial charge is 0.0241 e. The molecule has 2 heteroatoms. The first kappa shape index (κ1) is 12.4. The second-order valence-electron chi connectivity index (χ2n) is 6.27. The van der Waals surface area contributed by atoms with Crippen molar-refractivity contribution in [1.29, 1.82) is 0 Å². The summed E-state index contributed by atoms with van der Waals surface area (Å²) in [4.78, 5) is 2.63. The summed E-state index contributed by atoms with van der Waals surface area (Å²) < 4.78 is 0. The summed E-state index contributed by atoms with van der Waals surface area (Å²) in [6.07, 6.45) is 2.86. The molecule has 0 amide bonds. The van der Waals surface area contributed by atoms with Crippen LogP contribution in [0.3, 0.4) is 0 Å². The van der Waals surface area contributed by atoms with Gasteiger partial charge >= 0.3 is 0 Å². The lowest BCUT2D eigenvalue weighted by atomic mass is 10.0. The van der Waals surface area contributed by atoms with Gasteiger partial charge in [-0.15, -0.1) is 0 Å². The molecule has 0 bridgehead atoms. The van der Waals surface area contributed by atoms with Crippen LogP contribution in [0.15, 0.2) is 42.5 Å². The fraction of sp³-hybridized carbons (Fsp3) is 0.444. The molecule has 20 heavy (non-hydrogen) atoms. The lowest BCUT2D eigenvalue weighted by molar-refractivity contribution is 0.182. The number of nitrogens with one attached hydrogen (secondary N) is 1. The summed E-state index contributed by atoms with van der Waals surface area (Å²) in [7, 11) is 0. The minimum absolute atomic E-state index is 0.735. The predicted octanol–water partition coefficient (Wildman–Crippen LogP) is 3.02. The van der Waals surface area contributed by atoms with Crippen LogP contribution in [-0.4, -0.2) is 30.6 Å². The van der Waals surface area contributed by atoms with Gasteiger partial charge in [-0.1, -0.05) is 42.5 Å². The lowest BCUT2D eigenvalue weighted by Crippen LogP contribution is -2.51. The third-order valence-corrected chi connectivity index (χ3v) is 4.75. The molecule has 1 unspecified atom stereocenters. The van der Waals surface area contributed by atoms with Gasteiger partial charge in [-0.25, -0.2) is 0 Å². The Morgan fingerprint density at radius 3 is 2.80 bits per heavy atom. The Bertz CT molecular complexity index is 598. The molecular formula is C18H22N2. The van der Waals surface area contributed by atoms with Gasteiger partial charge in [0.05, 0.1) is 0 Å². The third-order valence-electron chi connectivity index (χ3n) is 4.75. The van der Waals surface area contributed by atoms with Gasteiger partial charge in [-0.05, 0) is 35.1 Å². The van der Waals surface area contributed by atoms with Gasteiger partial charge in [0.15, 0.2) is 0 Å². The molecule has 2 aliphatic rings. The van der Waals surface area contributed by atoms with E-state index in [2.05, 4.69) is 52.7 Å². The van der Waals surface area contributed by atoms with E-state index in [1.165, 1.54) is 42.3 Å². The summed E-state index contributed by atoms with van der Waals surface area (Å²) >= 11 is 0. The number of rotatable bonds is 3. The van der Waals surface area contributed by atoms with Crippen LogP contribution in [0.25, 0.3) is 10.8 Å². The van der Waals surface area contributed by atoms with Crippen molar-refractivity contribution in [1.82, 2.24) is 10.2 Å². The Kier molecular flexibility index (Phi) is 3.21. The van der Waals surface area contributed by atoms with Crippen molar-refractivity contribution in [3.8, 4) is 0 Å². The normalized spacial score (nSPS) is 24.1. The molecule has 4 rings (SSSR count). The number of piperazine rings is 1. The van der Waals surface area contributed by atoms with Gasteiger partial charge in [-0.2, -0.15) is 0 Å². The van der Waals surface area contributed by atoms with Crippen molar-refractivity contribution in [2.24, 2.45) is 5.92 Å². The zero-order chi connectivity index (χ0) is 13.4. The number of hydrogen-bond donors (Lipinski definition) is 1. The van der Waals surface area contributed by atoms with E-state index in [4.69, 9.17) is 0 Å². The number of nitrogens with zero attached hydrogens (tertiary/aromatic N) is 1. The zero-order valence-corrected chi connectivity index (χ0v) is 11.9. The van der Waals surface area contributed by atoms with Gasteiger partial charge in [0, 0.05) is 32.2 Å². The Labute approximate surface area is 120 Å². The van der Waals surface area contributed by atoms with Gasteiger partial charge in [0.2, 0.25) is 0 Å². The maximum absolute atomic E-state index is 3.69. The molecule has 2 aromatic rings. The van der Waals surface area contributed by atoms with Crippen LogP contribution in [0.2, 0.25) is 0 Å². The maximum atomic E-state index is 3.69. The van der Waals surface area contributed by atoms with E-state index in [9.17, 15) is 0 Å². The highest BCUT2D eigenvalue weighted by atomic mass is 15.2. The van der Waals surface area contributed by atoms with Crippen LogP contribution < -0.4 is 5.32 Å². The molecule has 2 fully saturated rings. The van der Waals surface area contributed by atoms with Crippen molar-refractivity contribution in [3.05, 3.63) is 48.0 Å². The van der Waals surface area contributed by atoms with Crippen LogP contribution >= 0.6 is 0 Å². The Morgan fingerprint density at radius 2 is 1.90 bits per heavy atom. The van der Waals surface area contributed by atoms with Crippen LogP contribution in [0.5, 0.6) is 0 Å².